The topological polar surface area (TPSA) is 143 Å². The zero-order chi connectivity index (χ0) is 25.8. The van der Waals surface area contributed by atoms with E-state index in [1.807, 2.05) is 13.0 Å². The Morgan fingerprint density at radius 3 is 2.72 bits per heavy atom. The van der Waals surface area contributed by atoms with Crippen LogP contribution in [0.2, 0.25) is 5.15 Å². The number of sulfonamides is 1. The predicted molar refractivity (Wildman–Crippen MR) is 134 cm³/mol. The van der Waals surface area contributed by atoms with Crippen molar-refractivity contribution in [2.45, 2.75) is 31.9 Å². The summed E-state index contributed by atoms with van der Waals surface area (Å²) >= 11 is 5.86. The number of aryl methyl sites for hydroxylation is 1. The Morgan fingerprint density at radius 2 is 1.97 bits per heavy atom. The number of pyridine rings is 1. The van der Waals surface area contributed by atoms with Crippen LogP contribution in [0.5, 0.6) is 5.75 Å². The zero-order valence-corrected chi connectivity index (χ0v) is 21.0. The van der Waals surface area contributed by atoms with Crippen LogP contribution in [0.15, 0.2) is 63.2 Å². The van der Waals surface area contributed by atoms with Crippen LogP contribution >= 0.6 is 11.6 Å². The highest BCUT2D eigenvalue weighted by Crippen LogP contribution is 2.34. The average molecular weight is 526 g/mol. The second-order valence-corrected chi connectivity index (χ2v) is 10.2. The van der Waals surface area contributed by atoms with Gasteiger partial charge in [0, 0.05) is 29.6 Å². The molecule has 5 aromatic rings. The highest BCUT2D eigenvalue weighted by atomic mass is 35.5. The number of ether oxygens (including phenoxy) is 1. The van der Waals surface area contributed by atoms with E-state index in [0.29, 0.717) is 39.1 Å². The summed E-state index contributed by atoms with van der Waals surface area (Å²) in [5.74, 6) is 0.264. The number of rotatable bonds is 5. The average Bonchev–Trinajstić information content (AvgIpc) is 3.29. The van der Waals surface area contributed by atoms with Gasteiger partial charge in [-0.3, -0.25) is 4.79 Å². The monoisotopic (exact) mass is 525 g/mol. The first-order valence-electron chi connectivity index (χ1n) is 10.8. The molecular formula is C24H20ClN5O5S. The van der Waals surface area contributed by atoms with Crippen molar-refractivity contribution in [3.63, 3.8) is 0 Å². The van der Waals surface area contributed by atoms with Crippen LogP contribution in [-0.2, 0) is 10.0 Å². The Labute approximate surface area is 210 Å². The minimum atomic E-state index is -4.21. The van der Waals surface area contributed by atoms with Gasteiger partial charge in [-0.15, -0.1) is 0 Å². The summed E-state index contributed by atoms with van der Waals surface area (Å²) in [6, 6.07) is 8.08. The minimum absolute atomic E-state index is 0.0473. The third-order valence-corrected chi connectivity index (χ3v) is 6.75. The number of benzene rings is 1. The normalized spacial score (nSPS) is 12.8. The molecule has 0 unspecified atom stereocenters. The molecule has 4 aromatic heterocycles. The molecule has 12 heteroatoms. The van der Waals surface area contributed by atoms with Gasteiger partial charge in [-0.2, -0.15) is 5.10 Å². The minimum Gasteiger partial charge on any atom is -0.483 e. The molecule has 0 bridgehead atoms. The molecule has 1 atom stereocenters. The summed E-state index contributed by atoms with van der Waals surface area (Å²) in [6.07, 6.45) is 4.21. The maximum absolute atomic E-state index is 13.4. The largest absolute Gasteiger partial charge is 0.483 e. The van der Waals surface area contributed by atoms with Crippen LogP contribution in [0.25, 0.3) is 27.9 Å². The first-order valence-corrected chi connectivity index (χ1v) is 12.7. The molecule has 184 valence electrons. The first kappa shape index (κ1) is 23.9. The summed E-state index contributed by atoms with van der Waals surface area (Å²) in [6.45, 7) is 5.23. The van der Waals surface area contributed by atoms with Gasteiger partial charge in [-0.05, 0) is 50.6 Å². The lowest BCUT2D eigenvalue weighted by atomic mass is 10.0. The van der Waals surface area contributed by atoms with Crippen molar-refractivity contribution in [2.24, 2.45) is 5.14 Å². The second-order valence-electron chi connectivity index (χ2n) is 8.34. The second kappa shape index (κ2) is 8.70. The van der Waals surface area contributed by atoms with Crippen LogP contribution in [0.3, 0.4) is 0 Å². The highest BCUT2D eigenvalue weighted by molar-refractivity contribution is 7.89. The SMILES string of the molecule is Cc1cc([C@@H](C)Oc2ccc(Cl)nc2S(N)(=O)=O)c2oc(-c3cnc4ccnn4c3)c(C)c(=O)c2c1. The number of nitrogens with zero attached hydrogens (tertiary/aromatic N) is 4. The van der Waals surface area contributed by atoms with Gasteiger partial charge in [0.05, 0.1) is 17.1 Å². The molecule has 0 amide bonds. The molecule has 0 saturated carbocycles. The van der Waals surface area contributed by atoms with Gasteiger partial charge in [0.15, 0.2) is 16.8 Å². The Kier molecular flexibility index (Phi) is 5.78. The summed E-state index contributed by atoms with van der Waals surface area (Å²) in [4.78, 5) is 21.6. The number of halogens is 1. The van der Waals surface area contributed by atoms with Crippen molar-refractivity contribution in [3.8, 4) is 17.1 Å². The van der Waals surface area contributed by atoms with Crippen molar-refractivity contribution in [1.82, 2.24) is 19.6 Å². The highest BCUT2D eigenvalue weighted by Gasteiger charge is 2.24. The molecule has 1 aromatic carbocycles. The number of fused-ring (bicyclic) bond motifs is 2. The standard InChI is InChI=1S/C24H20ClN5O5S/c1-12-8-16(14(3)34-18-4-5-19(25)29-24(18)36(26,32)33)23-17(9-12)21(31)13(2)22(35-23)15-10-27-20-6-7-28-30(20)11-15/h4-11,14H,1-3H3,(H2,26,32,33)/t14-/m1/s1. The van der Waals surface area contributed by atoms with Gasteiger partial charge in [0.1, 0.15) is 22.6 Å². The van der Waals surface area contributed by atoms with Gasteiger partial charge in [-0.25, -0.2) is 28.0 Å². The lowest BCUT2D eigenvalue weighted by Gasteiger charge is -2.19. The van der Waals surface area contributed by atoms with Crippen LogP contribution in [-0.4, -0.2) is 28.0 Å². The van der Waals surface area contributed by atoms with Gasteiger partial charge < -0.3 is 9.15 Å². The lowest BCUT2D eigenvalue weighted by molar-refractivity contribution is 0.219. The predicted octanol–water partition coefficient (Wildman–Crippen LogP) is 3.96. The summed E-state index contributed by atoms with van der Waals surface area (Å²) in [5, 5.41) is 9.34. The zero-order valence-electron chi connectivity index (χ0n) is 19.4. The van der Waals surface area contributed by atoms with Crippen molar-refractivity contribution in [1.29, 1.82) is 0 Å². The van der Waals surface area contributed by atoms with Crippen LogP contribution in [0.1, 0.15) is 29.7 Å². The van der Waals surface area contributed by atoms with E-state index in [2.05, 4.69) is 15.1 Å². The third-order valence-electron chi connectivity index (χ3n) is 5.70. The molecule has 0 spiro atoms. The number of nitrogens with two attached hydrogens (primary N) is 1. The molecule has 36 heavy (non-hydrogen) atoms. The van der Waals surface area contributed by atoms with Crippen molar-refractivity contribution in [2.75, 3.05) is 0 Å². The van der Waals surface area contributed by atoms with E-state index in [1.54, 1.807) is 49.1 Å². The van der Waals surface area contributed by atoms with Crippen LogP contribution < -0.4 is 15.3 Å². The molecule has 0 aliphatic heterocycles. The third kappa shape index (κ3) is 4.21. The maximum Gasteiger partial charge on any atom is 0.259 e. The molecule has 0 fully saturated rings. The molecule has 10 nitrogen and oxygen atoms in total. The van der Waals surface area contributed by atoms with Crippen molar-refractivity contribution >= 4 is 38.2 Å². The summed E-state index contributed by atoms with van der Waals surface area (Å²) < 4.78 is 38.0. The van der Waals surface area contributed by atoms with Crippen molar-refractivity contribution in [3.05, 3.63) is 81.0 Å². The number of aromatic nitrogens is 4. The molecule has 0 saturated heterocycles. The lowest BCUT2D eigenvalue weighted by Crippen LogP contribution is -2.17. The quantitative estimate of drug-likeness (QED) is 0.340. The fourth-order valence-corrected chi connectivity index (χ4v) is 4.84. The fraction of sp³-hybridized carbons (Fsp3) is 0.167. The van der Waals surface area contributed by atoms with Gasteiger partial charge >= 0.3 is 0 Å². The molecule has 4 heterocycles. The van der Waals surface area contributed by atoms with Gasteiger partial charge in [0.2, 0.25) is 5.03 Å². The Morgan fingerprint density at radius 1 is 1.19 bits per heavy atom. The van der Waals surface area contributed by atoms with E-state index >= 15 is 0 Å². The number of hydrogen-bond donors (Lipinski definition) is 1. The Hall–Kier alpha value is -3.80. The van der Waals surface area contributed by atoms with E-state index in [4.69, 9.17) is 25.9 Å². The molecule has 0 aliphatic carbocycles. The van der Waals surface area contributed by atoms with Gasteiger partial charge in [-0.1, -0.05) is 11.6 Å². The summed E-state index contributed by atoms with van der Waals surface area (Å²) in [7, 11) is -4.21. The molecule has 2 N–H and O–H groups in total. The van der Waals surface area contributed by atoms with Crippen LogP contribution in [0.4, 0.5) is 0 Å². The number of hydrogen-bond acceptors (Lipinski definition) is 8. The van der Waals surface area contributed by atoms with E-state index in [1.165, 1.54) is 12.1 Å². The maximum atomic E-state index is 13.4. The van der Waals surface area contributed by atoms with Crippen LogP contribution in [0, 0.1) is 13.8 Å². The first-order chi connectivity index (χ1) is 17.0. The molecular weight excluding hydrogens is 506 g/mol. The molecule has 0 aliphatic rings. The van der Waals surface area contributed by atoms with Crippen molar-refractivity contribution < 1.29 is 17.6 Å². The van der Waals surface area contributed by atoms with E-state index in [9.17, 15) is 13.2 Å². The van der Waals surface area contributed by atoms with E-state index in [0.717, 1.165) is 5.56 Å². The van der Waals surface area contributed by atoms with E-state index in [-0.39, 0.29) is 16.3 Å². The number of primary sulfonamides is 1. The fourth-order valence-electron chi connectivity index (χ4n) is 4.02. The Balaban J connectivity index is 1.68. The van der Waals surface area contributed by atoms with E-state index < -0.39 is 21.2 Å². The molecule has 0 radical (unpaired) electrons. The van der Waals surface area contributed by atoms with Gasteiger partial charge in [0.25, 0.3) is 10.0 Å². The molecule has 5 rings (SSSR count). The Bertz CT molecular complexity index is 1830. The smallest absolute Gasteiger partial charge is 0.259 e. The summed E-state index contributed by atoms with van der Waals surface area (Å²) in [5.41, 5.74) is 3.07.